The summed E-state index contributed by atoms with van der Waals surface area (Å²) in [6.07, 6.45) is 5.23. The number of benzene rings is 2. The Hall–Kier alpha value is -3.19. The van der Waals surface area contributed by atoms with E-state index in [4.69, 9.17) is 11.6 Å². The van der Waals surface area contributed by atoms with Gasteiger partial charge in [-0.3, -0.25) is 14.0 Å². The summed E-state index contributed by atoms with van der Waals surface area (Å²) in [5, 5.41) is 9.23. The molecule has 3 heterocycles. The molecule has 0 unspecified atom stereocenters. The van der Waals surface area contributed by atoms with E-state index in [1.165, 1.54) is 12.8 Å². The second kappa shape index (κ2) is 7.17. The fourth-order valence-corrected chi connectivity index (χ4v) is 5.44. The summed E-state index contributed by atoms with van der Waals surface area (Å²) in [6.45, 7) is 2.54. The quantitative estimate of drug-likeness (QED) is 0.494. The van der Waals surface area contributed by atoms with Crippen LogP contribution in [0.2, 0.25) is 5.02 Å². The van der Waals surface area contributed by atoms with Crippen molar-refractivity contribution in [1.29, 1.82) is 0 Å². The van der Waals surface area contributed by atoms with Crippen molar-refractivity contribution in [3.05, 3.63) is 68.2 Å². The van der Waals surface area contributed by atoms with Crippen LogP contribution in [0.1, 0.15) is 58.9 Å². The summed E-state index contributed by atoms with van der Waals surface area (Å²) in [6, 6.07) is 9.38. The van der Waals surface area contributed by atoms with Crippen molar-refractivity contribution < 1.29 is 4.79 Å². The van der Waals surface area contributed by atoms with Crippen molar-refractivity contribution in [3.8, 4) is 0 Å². The van der Waals surface area contributed by atoms with E-state index in [-0.39, 0.29) is 11.5 Å². The van der Waals surface area contributed by atoms with Crippen LogP contribution in [0.5, 0.6) is 0 Å². The number of hydrogen-bond acceptors (Lipinski definition) is 4. The number of hydrogen-bond donors (Lipinski definition) is 1. The van der Waals surface area contributed by atoms with Gasteiger partial charge in [-0.1, -0.05) is 24.4 Å². The molecule has 8 heteroatoms. The molecule has 1 aliphatic heterocycles. The summed E-state index contributed by atoms with van der Waals surface area (Å²) in [4.78, 5) is 31.0. The number of nitrogens with one attached hydrogen (secondary N) is 1. The van der Waals surface area contributed by atoms with E-state index < -0.39 is 0 Å². The Labute approximate surface area is 189 Å². The molecule has 2 aromatic heterocycles. The fourth-order valence-electron chi connectivity index (χ4n) is 5.24. The smallest absolute Gasteiger partial charge is 0.294 e. The van der Waals surface area contributed by atoms with Gasteiger partial charge in [0.1, 0.15) is 5.82 Å². The Bertz CT molecular complexity index is 1470. The monoisotopic (exact) mass is 447 g/mol. The van der Waals surface area contributed by atoms with Gasteiger partial charge in [-0.15, -0.1) is 10.2 Å². The normalized spacial score (nSPS) is 16.4. The molecule has 1 amide bonds. The summed E-state index contributed by atoms with van der Waals surface area (Å²) in [5.74, 6) is 1.08. The van der Waals surface area contributed by atoms with E-state index in [0.29, 0.717) is 34.2 Å². The Morgan fingerprint density at radius 3 is 2.78 bits per heavy atom. The van der Waals surface area contributed by atoms with E-state index in [0.717, 1.165) is 47.4 Å². The van der Waals surface area contributed by atoms with Gasteiger partial charge in [0, 0.05) is 28.7 Å². The number of aryl methyl sites for hydroxylation is 1. The number of fused-ring (bicyclic) bond motifs is 4. The third kappa shape index (κ3) is 2.88. The van der Waals surface area contributed by atoms with Gasteiger partial charge in [0.15, 0.2) is 0 Å². The largest absolute Gasteiger partial charge is 0.317 e. The second-order valence-electron chi connectivity index (χ2n) is 8.82. The number of aromatic nitrogens is 4. The number of anilines is 1. The van der Waals surface area contributed by atoms with Gasteiger partial charge in [0.05, 0.1) is 11.0 Å². The Morgan fingerprint density at radius 2 is 1.97 bits per heavy atom. The van der Waals surface area contributed by atoms with Gasteiger partial charge in [-0.2, -0.15) is 0 Å². The highest BCUT2D eigenvalue weighted by Gasteiger charge is 2.28. The molecule has 0 spiro atoms. The number of carbonyl (C=O) groups is 1. The maximum Gasteiger partial charge on any atom is 0.294 e. The number of carbonyl (C=O) groups excluding carboxylic acids is 1. The lowest BCUT2D eigenvalue weighted by Gasteiger charge is -2.19. The molecular formula is C24H22ClN5O2. The van der Waals surface area contributed by atoms with Crippen molar-refractivity contribution in [3.63, 3.8) is 0 Å². The highest BCUT2D eigenvalue weighted by atomic mass is 35.5. The molecule has 1 aliphatic carbocycles. The first kappa shape index (κ1) is 19.5. The molecular weight excluding hydrogens is 426 g/mol. The predicted molar refractivity (Wildman–Crippen MR) is 124 cm³/mol. The second-order valence-corrected chi connectivity index (χ2v) is 9.25. The molecule has 1 fully saturated rings. The molecule has 1 N–H and O–H groups in total. The lowest BCUT2D eigenvalue weighted by molar-refractivity contribution is 0.0989. The third-order valence-electron chi connectivity index (χ3n) is 6.86. The average Bonchev–Trinajstić information content (AvgIpc) is 3.52. The SMILES string of the molecule is Cc1cc2c(cc1C(=O)N1CCc3cc(Cl)ccc31)[nH]c(=O)c1nnc(C3CCCC3)n12. The number of nitrogens with zero attached hydrogens (tertiary/aromatic N) is 4. The van der Waals surface area contributed by atoms with Crippen LogP contribution in [0.3, 0.4) is 0 Å². The maximum atomic E-state index is 13.5. The van der Waals surface area contributed by atoms with Crippen LogP contribution in [-0.4, -0.2) is 32.0 Å². The lowest BCUT2D eigenvalue weighted by Crippen LogP contribution is -2.29. The first-order valence-corrected chi connectivity index (χ1v) is 11.4. The lowest BCUT2D eigenvalue weighted by atomic mass is 10.0. The summed E-state index contributed by atoms with van der Waals surface area (Å²) in [7, 11) is 0. The molecule has 0 radical (unpaired) electrons. The Kier molecular flexibility index (Phi) is 4.37. The van der Waals surface area contributed by atoms with Gasteiger partial charge in [-0.25, -0.2) is 0 Å². The summed E-state index contributed by atoms with van der Waals surface area (Å²) < 4.78 is 1.89. The minimum Gasteiger partial charge on any atom is -0.317 e. The highest BCUT2D eigenvalue weighted by molar-refractivity contribution is 6.30. The fraction of sp³-hybridized carbons (Fsp3) is 0.333. The van der Waals surface area contributed by atoms with Crippen LogP contribution in [0, 0.1) is 6.92 Å². The van der Waals surface area contributed by atoms with Crippen LogP contribution in [0.15, 0.2) is 35.1 Å². The molecule has 32 heavy (non-hydrogen) atoms. The zero-order chi connectivity index (χ0) is 22.0. The molecule has 2 aromatic carbocycles. The molecule has 4 aromatic rings. The van der Waals surface area contributed by atoms with E-state index in [2.05, 4.69) is 15.2 Å². The van der Waals surface area contributed by atoms with Gasteiger partial charge < -0.3 is 9.88 Å². The number of amides is 1. The van der Waals surface area contributed by atoms with Crippen molar-refractivity contribution >= 4 is 39.9 Å². The predicted octanol–water partition coefficient (Wildman–Crippen LogP) is 4.39. The summed E-state index contributed by atoms with van der Waals surface area (Å²) >= 11 is 6.12. The topological polar surface area (TPSA) is 83.4 Å². The van der Waals surface area contributed by atoms with Gasteiger partial charge in [0.25, 0.3) is 11.5 Å². The zero-order valence-corrected chi connectivity index (χ0v) is 18.4. The van der Waals surface area contributed by atoms with Gasteiger partial charge in [-0.05, 0) is 67.6 Å². The van der Waals surface area contributed by atoms with Crippen LogP contribution < -0.4 is 10.5 Å². The van der Waals surface area contributed by atoms with Crippen LogP contribution in [0.25, 0.3) is 16.7 Å². The number of aromatic amines is 1. The van der Waals surface area contributed by atoms with Crippen molar-refractivity contribution in [1.82, 2.24) is 19.6 Å². The van der Waals surface area contributed by atoms with Gasteiger partial charge in [0.2, 0.25) is 5.65 Å². The van der Waals surface area contributed by atoms with Crippen molar-refractivity contribution in [2.75, 3.05) is 11.4 Å². The van der Waals surface area contributed by atoms with Crippen LogP contribution in [0.4, 0.5) is 5.69 Å². The molecule has 2 aliphatic rings. The number of H-pyrrole nitrogens is 1. The molecule has 162 valence electrons. The first-order chi connectivity index (χ1) is 15.5. The van der Waals surface area contributed by atoms with Crippen LogP contribution >= 0.6 is 11.6 Å². The zero-order valence-electron chi connectivity index (χ0n) is 17.7. The van der Waals surface area contributed by atoms with Crippen LogP contribution in [-0.2, 0) is 6.42 Å². The molecule has 0 atom stereocenters. The minimum atomic E-state index is -0.294. The highest BCUT2D eigenvalue weighted by Crippen LogP contribution is 2.35. The maximum absolute atomic E-state index is 13.5. The van der Waals surface area contributed by atoms with Crippen molar-refractivity contribution in [2.45, 2.75) is 44.9 Å². The first-order valence-electron chi connectivity index (χ1n) is 11.0. The van der Waals surface area contributed by atoms with E-state index in [1.54, 1.807) is 11.0 Å². The average molecular weight is 448 g/mol. The molecule has 6 rings (SSSR count). The summed E-state index contributed by atoms with van der Waals surface area (Å²) in [5.41, 5.74) is 4.85. The molecule has 0 saturated heterocycles. The molecule has 7 nitrogen and oxygen atoms in total. The Morgan fingerprint density at radius 1 is 1.16 bits per heavy atom. The number of rotatable bonds is 2. The number of halogens is 1. The van der Waals surface area contributed by atoms with Crippen molar-refractivity contribution in [2.24, 2.45) is 0 Å². The Balaban J connectivity index is 1.49. The minimum absolute atomic E-state index is 0.0776. The van der Waals surface area contributed by atoms with E-state index >= 15 is 0 Å². The standard InChI is InChI=1S/C24H22ClN5O2/c1-13-10-20-18(26-23(31)22-28-27-21(30(20)22)14-4-2-3-5-14)12-17(13)24(32)29-9-8-15-11-16(25)6-7-19(15)29/h6-7,10-12,14H,2-5,8-9H2,1H3,(H,26,31). The third-order valence-corrected chi connectivity index (χ3v) is 7.09. The molecule has 0 bridgehead atoms. The van der Waals surface area contributed by atoms with Gasteiger partial charge >= 0.3 is 0 Å². The molecule has 1 saturated carbocycles. The van der Waals surface area contributed by atoms with E-state index in [1.807, 2.05) is 35.6 Å². The van der Waals surface area contributed by atoms with E-state index in [9.17, 15) is 9.59 Å².